The first-order valence-corrected chi connectivity index (χ1v) is 32.9. The van der Waals surface area contributed by atoms with E-state index in [9.17, 15) is 14.7 Å². The molecule has 4 saturated carbocycles. The summed E-state index contributed by atoms with van der Waals surface area (Å²) in [6.45, 7) is 4.82. The fraction of sp³-hybridized carbons (Fsp3) is 0.460. The van der Waals surface area contributed by atoms with Gasteiger partial charge in [-0.25, -0.2) is 19.6 Å². The average molecular weight is 1300 g/mol. The van der Waals surface area contributed by atoms with Crippen molar-refractivity contribution >= 4 is 112 Å². The Labute approximate surface area is 528 Å². The number of halogens is 4. The molecule has 0 radical (unpaired) electrons. The number of esters is 1. The molecule has 454 valence electrons. The topological polar surface area (TPSA) is 203 Å². The molecule has 0 unspecified atom stereocenters. The number of aromatic carboxylic acids is 1. The number of carbonyl (C=O) groups is 2. The number of fused-ring (bicyclic) bond motifs is 6. The van der Waals surface area contributed by atoms with Crippen LogP contribution in [0.3, 0.4) is 0 Å². The molecule has 1 N–H and O–H groups in total. The van der Waals surface area contributed by atoms with Crippen LogP contribution < -0.4 is 19.3 Å². The lowest BCUT2D eigenvalue weighted by molar-refractivity contribution is 0.0122. The summed E-state index contributed by atoms with van der Waals surface area (Å²) in [7, 11) is 1.39. The minimum Gasteiger partial charge on any atom is -0.486 e. The number of carbonyl (C=O) groups excluding carboxylic acids is 1. The molecular weight excluding hydrogens is 1240 g/mol. The van der Waals surface area contributed by atoms with Crippen molar-refractivity contribution in [3.63, 3.8) is 0 Å². The molecule has 8 aliphatic rings. The lowest BCUT2D eigenvalue weighted by Gasteiger charge is -2.31. The molecular formula is C63H60Cl4N6O12S2. The summed E-state index contributed by atoms with van der Waals surface area (Å²) in [5.74, 6) is 2.98. The van der Waals surface area contributed by atoms with Crippen LogP contribution in [0, 0.1) is 11.8 Å². The quantitative estimate of drug-likeness (QED) is 0.0794. The van der Waals surface area contributed by atoms with Crippen molar-refractivity contribution in [2.75, 3.05) is 56.4 Å². The summed E-state index contributed by atoms with van der Waals surface area (Å²) in [6.07, 6.45) is 9.84. The Hall–Kier alpha value is -5.78. The van der Waals surface area contributed by atoms with Gasteiger partial charge in [0, 0.05) is 83.9 Å². The Kier molecular flexibility index (Phi) is 15.8. The van der Waals surface area contributed by atoms with Crippen LogP contribution in [0.15, 0.2) is 69.7 Å². The SMILES string of the molecule is COC(=O)c1cc(O[C@H]2CCOC2)c2nc(N3C[C@@H]4C[C@H]3C[C@H]4OCc3c(-c4c(Cl)cccc4Cl)noc3C3CC3)sc2c1.O=C(O)c1cc(O[C@H]2CCOC2)c2nc(N3C[C@@H]4C[C@H]3C[C@H]4OCc3c(-c4c(Cl)cccc4Cl)noc3C3CC3)sc2c1. The van der Waals surface area contributed by atoms with E-state index in [1.807, 2.05) is 42.5 Å². The Balaban J connectivity index is 0.000000147. The fourth-order valence-electron chi connectivity index (χ4n) is 13.5. The second-order valence-corrected chi connectivity index (χ2v) is 27.5. The molecule has 4 aliphatic heterocycles. The molecule has 4 bridgehead atoms. The highest BCUT2D eigenvalue weighted by molar-refractivity contribution is 7.22. The molecule has 18 nitrogen and oxygen atoms in total. The van der Waals surface area contributed by atoms with Crippen molar-refractivity contribution in [1.82, 2.24) is 20.3 Å². The van der Waals surface area contributed by atoms with Gasteiger partial charge in [0.15, 0.2) is 10.3 Å². The highest BCUT2D eigenvalue weighted by Crippen LogP contribution is 2.51. The molecule has 8 aromatic rings. The van der Waals surface area contributed by atoms with Gasteiger partial charge >= 0.3 is 11.9 Å². The van der Waals surface area contributed by atoms with E-state index < -0.39 is 11.9 Å². The highest BCUT2D eigenvalue weighted by Gasteiger charge is 2.49. The third kappa shape index (κ3) is 11.3. The van der Waals surface area contributed by atoms with Gasteiger partial charge in [-0.05, 0) is 99.9 Å². The lowest BCUT2D eigenvalue weighted by atomic mass is 10.0. The molecule has 4 saturated heterocycles. The van der Waals surface area contributed by atoms with Crippen LogP contribution in [0.4, 0.5) is 10.3 Å². The van der Waals surface area contributed by atoms with Crippen molar-refractivity contribution in [3.8, 4) is 34.0 Å². The number of hydrogen-bond acceptors (Lipinski definition) is 19. The molecule has 24 heteroatoms. The number of ether oxygens (including phenoxy) is 7. The van der Waals surface area contributed by atoms with E-state index in [0.29, 0.717) is 141 Å². The number of hydrogen-bond donors (Lipinski definition) is 1. The fourth-order valence-corrected chi connectivity index (χ4v) is 16.9. The van der Waals surface area contributed by atoms with E-state index in [2.05, 4.69) is 20.1 Å². The third-order valence-corrected chi connectivity index (χ3v) is 21.5. The van der Waals surface area contributed by atoms with Gasteiger partial charge in [0.25, 0.3) is 0 Å². The van der Waals surface area contributed by atoms with Crippen LogP contribution in [0.5, 0.6) is 11.5 Å². The second kappa shape index (κ2) is 23.9. The van der Waals surface area contributed by atoms with Crippen LogP contribution >= 0.6 is 69.1 Å². The first-order valence-electron chi connectivity index (χ1n) is 29.7. The van der Waals surface area contributed by atoms with Crippen LogP contribution in [-0.2, 0) is 36.9 Å². The summed E-state index contributed by atoms with van der Waals surface area (Å²) >= 11 is 29.3. The molecule has 0 amide bonds. The van der Waals surface area contributed by atoms with Crippen molar-refractivity contribution in [2.24, 2.45) is 11.8 Å². The maximum absolute atomic E-state index is 12.4. The molecule has 4 aromatic heterocycles. The largest absolute Gasteiger partial charge is 0.486 e. The average Bonchev–Trinajstić information content (AvgIpc) is 2.85. The zero-order valence-corrected chi connectivity index (χ0v) is 51.9. The number of aromatic nitrogens is 4. The maximum Gasteiger partial charge on any atom is 0.338 e. The minimum atomic E-state index is -0.984. The summed E-state index contributed by atoms with van der Waals surface area (Å²) < 4.78 is 55.0. The lowest BCUT2D eigenvalue weighted by Crippen LogP contribution is -2.38. The number of carboxylic acids is 1. The van der Waals surface area contributed by atoms with Crippen molar-refractivity contribution in [3.05, 3.63) is 115 Å². The highest BCUT2D eigenvalue weighted by atomic mass is 35.5. The number of anilines is 2. The van der Waals surface area contributed by atoms with Gasteiger partial charge in [-0.2, -0.15) is 0 Å². The predicted molar refractivity (Wildman–Crippen MR) is 330 cm³/mol. The predicted octanol–water partition coefficient (Wildman–Crippen LogP) is 14.5. The Morgan fingerprint density at radius 3 is 1.46 bits per heavy atom. The number of carboxylic acid groups (broad SMARTS) is 1. The van der Waals surface area contributed by atoms with Gasteiger partial charge in [0.2, 0.25) is 0 Å². The first-order chi connectivity index (χ1) is 42.4. The van der Waals surface area contributed by atoms with Crippen LogP contribution in [0.25, 0.3) is 42.9 Å². The van der Waals surface area contributed by atoms with Gasteiger partial charge in [0.05, 0.1) is 99.6 Å². The molecule has 87 heavy (non-hydrogen) atoms. The first kappa shape index (κ1) is 57.6. The van der Waals surface area contributed by atoms with Crippen molar-refractivity contribution < 1.29 is 56.9 Å². The van der Waals surface area contributed by atoms with Gasteiger partial charge in [-0.1, -0.05) is 91.5 Å². The number of methoxy groups -OCH3 is 1. The van der Waals surface area contributed by atoms with Crippen LogP contribution in [-0.4, -0.2) is 120 Å². The van der Waals surface area contributed by atoms with Gasteiger partial charge in [0.1, 0.15) is 57.6 Å². The van der Waals surface area contributed by atoms with Crippen molar-refractivity contribution in [2.45, 2.75) is 126 Å². The number of rotatable bonds is 18. The monoisotopic (exact) mass is 1300 g/mol. The van der Waals surface area contributed by atoms with Crippen LogP contribution in [0.2, 0.25) is 20.1 Å². The van der Waals surface area contributed by atoms with Gasteiger partial charge < -0.3 is 57.1 Å². The molecule has 16 rings (SSSR count). The number of thiazole rings is 2. The molecule has 4 aliphatic carbocycles. The van der Waals surface area contributed by atoms with E-state index in [1.165, 1.54) is 18.4 Å². The molecule has 8 fully saturated rings. The van der Waals surface area contributed by atoms with Gasteiger partial charge in [-0.15, -0.1) is 0 Å². The second-order valence-electron chi connectivity index (χ2n) is 23.9. The van der Waals surface area contributed by atoms with Gasteiger partial charge in [-0.3, -0.25) is 0 Å². The van der Waals surface area contributed by atoms with E-state index in [4.69, 9.17) is 98.6 Å². The molecule has 4 aromatic carbocycles. The normalized spacial score (nSPS) is 24.7. The maximum atomic E-state index is 12.4. The minimum absolute atomic E-state index is 0.0581. The Bertz CT molecular complexity index is 3910. The summed E-state index contributed by atoms with van der Waals surface area (Å²) in [4.78, 5) is 39.0. The smallest absolute Gasteiger partial charge is 0.338 e. The van der Waals surface area contributed by atoms with Crippen LogP contribution in [0.1, 0.15) is 119 Å². The zero-order valence-electron chi connectivity index (χ0n) is 47.2. The molecule has 0 spiro atoms. The van der Waals surface area contributed by atoms with E-state index in [-0.39, 0.29) is 30.0 Å². The molecule has 8 heterocycles. The molecule has 8 atom stereocenters. The third-order valence-electron chi connectivity index (χ3n) is 18.2. The van der Waals surface area contributed by atoms with E-state index in [0.717, 1.165) is 125 Å². The Morgan fingerprint density at radius 2 is 1.07 bits per heavy atom. The summed E-state index contributed by atoms with van der Waals surface area (Å²) in [6, 6.07) is 18.4. The number of benzene rings is 4. The van der Waals surface area contributed by atoms with Crippen molar-refractivity contribution in [1.29, 1.82) is 0 Å². The number of piperidine rings is 2. The summed E-state index contributed by atoms with van der Waals surface area (Å²) in [5.41, 5.74) is 6.75. The number of nitrogens with zero attached hydrogens (tertiary/aromatic N) is 6. The zero-order chi connectivity index (χ0) is 59.2. The van der Waals surface area contributed by atoms with E-state index >= 15 is 0 Å². The van der Waals surface area contributed by atoms with E-state index in [1.54, 1.807) is 29.5 Å². The Morgan fingerprint density at radius 1 is 0.621 bits per heavy atom. The standard InChI is InChI=1S/C32H31Cl2N3O6S.C31H29Cl2N3O6S/c1-39-31(38)17-10-25(42-20-7-8-40-14-20)29-26(11-17)44-32(35-29)37-13-18-9-19(37)12-24(18)41-15-21-28(36-43-30(21)16-5-6-16)27-22(33)3-2-4-23(27)34;32-21-2-1-3-22(33)26(21)27-20(29(42-35-27)15-4-5-15)14-40-23-11-18-8-17(23)12-36(18)31-34-28-24(41-19-6-7-39-13-19)9-16(30(37)38)10-25(28)43-31/h2-4,10-11,16,18-20,24H,5-9,12-15H2,1H3;1-3,9-10,15,17-19,23H,4-8,11-14H2,(H,37,38)/t18-,19-,20-,24+;17-,18-,19-,23+/m00/s1. The summed E-state index contributed by atoms with van der Waals surface area (Å²) in [5, 5.41) is 22.5.